The number of amides is 2. The van der Waals surface area contributed by atoms with E-state index in [-0.39, 0.29) is 22.7 Å². The molecule has 2 amide bonds. The second kappa shape index (κ2) is 6.14. The lowest BCUT2D eigenvalue weighted by atomic mass is 10.2. The predicted octanol–water partition coefficient (Wildman–Crippen LogP) is 0.732. The van der Waals surface area contributed by atoms with Gasteiger partial charge in [-0.25, -0.2) is 14.6 Å². The van der Waals surface area contributed by atoms with Crippen LogP contribution in [0.1, 0.15) is 25.3 Å². The fraction of sp³-hybridized carbons (Fsp3) is 0.438. The fourth-order valence-corrected chi connectivity index (χ4v) is 4.74. The summed E-state index contributed by atoms with van der Waals surface area (Å²) >= 11 is 1.69. The van der Waals surface area contributed by atoms with Crippen LogP contribution in [-0.4, -0.2) is 53.1 Å². The maximum atomic E-state index is 12.5. The Morgan fingerprint density at radius 1 is 1.48 bits per heavy atom. The van der Waals surface area contributed by atoms with Gasteiger partial charge >= 0.3 is 0 Å². The zero-order valence-electron chi connectivity index (χ0n) is 13.8. The molecular weight excluding hydrogens is 340 g/mol. The van der Waals surface area contributed by atoms with Crippen molar-refractivity contribution in [3.8, 4) is 5.82 Å². The highest BCUT2D eigenvalue weighted by atomic mass is 32.2. The average Bonchev–Trinajstić information content (AvgIpc) is 3.32. The number of pyridine rings is 1. The summed E-state index contributed by atoms with van der Waals surface area (Å²) in [5.41, 5.74) is 0.887. The summed E-state index contributed by atoms with van der Waals surface area (Å²) < 4.78 is 1.57. The van der Waals surface area contributed by atoms with Crippen molar-refractivity contribution in [1.82, 2.24) is 30.0 Å². The standard InChI is InChI=1S/C16H18N6O2S/c1-16-5-4-14(23)22(16)12(8-25-16)15(24)19-7-11-2-3-13(18-6-11)21-10-17-9-20-21/h2-3,6,9-10,12H,4-5,7-8H2,1H3,(H,19,24)/t12-,16+/m0/s1. The van der Waals surface area contributed by atoms with Gasteiger partial charge in [0.15, 0.2) is 5.82 Å². The Balaban J connectivity index is 1.38. The summed E-state index contributed by atoms with van der Waals surface area (Å²) in [5, 5.41) is 6.95. The third-order valence-electron chi connectivity index (χ3n) is 4.68. The van der Waals surface area contributed by atoms with Crippen LogP contribution in [0.25, 0.3) is 5.82 Å². The van der Waals surface area contributed by atoms with Crippen molar-refractivity contribution < 1.29 is 9.59 Å². The van der Waals surface area contributed by atoms with Crippen LogP contribution in [0.3, 0.4) is 0 Å². The maximum Gasteiger partial charge on any atom is 0.243 e. The molecule has 2 fully saturated rings. The molecule has 0 aliphatic carbocycles. The van der Waals surface area contributed by atoms with Crippen LogP contribution in [0.2, 0.25) is 0 Å². The number of nitrogens with one attached hydrogen (secondary N) is 1. The molecule has 25 heavy (non-hydrogen) atoms. The topological polar surface area (TPSA) is 93.0 Å². The number of carbonyl (C=O) groups excluding carboxylic acids is 2. The summed E-state index contributed by atoms with van der Waals surface area (Å²) in [5.74, 6) is 1.29. The minimum Gasteiger partial charge on any atom is -0.350 e. The Bertz CT molecular complexity index is 793. The molecule has 2 aromatic rings. The van der Waals surface area contributed by atoms with Crippen LogP contribution in [0.4, 0.5) is 0 Å². The molecule has 0 unspecified atom stereocenters. The molecular formula is C16H18N6O2S. The Kier molecular flexibility index (Phi) is 3.95. The first-order valence-electron chi connectivity index (χ1n) is 8.11. The molecule has 0 bridgehead atoms. The van der Waals surface area contributed by atoms with Gasteiger partial charge in [-0.3, -0.25) is 9.59 Å². The van der Waals surface area contributed by atoms with Gasteiger partial charge in [0, 0.05) is 24.9 Å². The molecule has 8 nitrogen and oxygen atoms in total. The van der Waals surface area contributed by atoms with E-state index in [4.69, 9.17) is 0 Å². The second-order valence-corrected chi connectivity index (χ2v) is 7.85. The molecule has 2 saturated heterocycles. The molecule has 0 aromatic carbocycles. The number of aromatic nitrogens is 4. The Hall–Kier alpha value is -2.42. The zero-order chi connectivity index (χ0) is 17.4. The molecule has 0 saturated carbocycles. The molecule has 2 aromatic heterocycles. The highest BCUT2D eigenvalue weighted by Crippen LogP contribution is 2.47. The van der Waals surface area contributed by atoms with Crippen LogP contribution in [-0.2, 0) is 16.1 Å². The van der Waals surface area contributed by atoms with E-state index in [1.165, 1.54) is 6.33 Å². The van der Waals surface area contributed by atoms with Crippen LogP contribution in [0.15, 0.2) is 31.0 Å². The molecule has 0 spiro atoms. The van der Waals surface area contributed by atoms with Crippen molar-refractivity contribution in [3.63, 3.8) is 0 Å². The quantitative estimate of drug-likeness (QED) is 0.866. The second-order valence-electron chi connectivity index (χ2n) is 6.35. The summed E-state index contributed by atoms with van der Waals surface area (Å²) in [6.07, 6.45) is 6.06. The normalized spacial score (nSPS) is 25.2. The first-order chi connectivity index (χ1) is 12.1. The average molecular weight is 358 g/mol. The lowest BCUT2D eigenvalue weighted by molar-refractivity contribution is -0.138. The van der Waals surface area contributed by atoms with Gasteiger partial charge in [0.2, 0.25) is 11.8 Å². The maximum absolute atomic E-state index is 12.5. The highest BCUT2D eigenvalue weighted by Gasteiger charge is 2.52. The number of rotatable bonds is 4. The third kappa shape index (κ3) is 2.88. The van der Waals surface area contributed by atoms with Crippen molar-refractivity contribution in [3.05, 3.63) is 36.5 Å². The molecule has 1 N–H and O–H groups in total. The van der Waals surface area contributed by atoms with Crippen LogP contribution >= 0.6 is 11.8 Å². The fourth-order valence-electron chi connectivity index (χ4n) is 3.30. The van der Waals surface area contributed by atoms with E-state index in [2.05, 4.69) is 20.4 Å². The first kappa shape index (κ1) is 16.1. The summed E-state index contributed by atoms with van der Waals surface area (Å²) in [4.78, 5) is 34.4. The van der Waals surface area contributed by atoms with Crippen LogP contribution in [0.5, 0.6) is 0 Å². The van der Waals surface area contributed by atoms with Gasteiger partial charge in [-0.1, -0.05) is 6.07 Å². The Morgan fingerprint density at radius 3 is 3.08 bits per heavy atom. The van der Waals surface area contributed by atoms with E-state index in [0.717, 1.165) is 12.0 Å². The van der Waals surface area contributed by atoms with Gasteiger partial charge in [0.1, 0.15) is 18.7 Å². The van der Waals surface area contributed by atoms with E-state index < -0.39 is 0 Å². The number of thioether (sulfide) groups is 1. The van der Waals surface area contributed by atoms with E-state index in [1.807, 2.05) is 19.1 Å². The summed E-state index contributed by atoms with van der Waals surface area (Å²) in [6, 6.07) is 3.33. The third-order valence-corrected chi connectivity index (χ3v) is 6.18. The van der Waals surface area contributed by atoms with Gasteiger partial charge in [-0.05, 0) is 25.0 Å². The lowest BCUT2D eigenvalue weighted by Gasteiger charge is -2.29. The van der Waals surface area contributed by atoms with Gasteiger partial charge in [-0.2, -0.15) is 5.10 Å². The molecule has 2 aliphatic heterocycles. The van der Waals surface area contributed by atoms with Crippen LogP contribution in [0, 0.1) is 0 Å². The molecule has 130 valence electrons. The van der Waals surface area contributed by atoms with Gasteiger partial charge in [0.05, 0.1) is 4.87 Å². The number of hydrogen-bond donors (Lipinski definition) is 1. The molecule has 4 heterocycles. The SMILES string of the molecule is C[C@@]12CCC(=O)N1[C@H](C(=O)NCc1ccc(-n3cncn3)nc1)CS2. The lowest BCUT2D eigenvalue weighted by Crippen LogP contribution is -2.49. The molecule has 2 aliphatic rings. The summed E-state index contributed by atoms with van der Waals surface area (Å²) in [6.45, 7) is 2.42. The van der Waals surface area contributed by atoms with E-state index in [1.54, 1.807) is 33.9 Å². The minimum absolute atomic E-state index is 0.0755. The Morgan fingerprint density at radius 2 is 2.36 bits per heavy atom. The predicted molar refractivity (Wildman–Crippen MR) is 91.7 cm³/mol. The van der Waals surface area contributed by atoms with Gasteiger partial charge in [-0.15, -0.1) is 11.8 Å². The van der Waals surface area contributed by atoms with Crippen molar-refractivity contribution >= 4 is 23.6 Å². The van der Waals surface area contributed by atoms with Crippen molar-refractivity contribution in [2.45, 2.75) is 37.2 Å². The number of hydrogen-bond acceptors (Lipinski definition) is 6. The zero-order valence-corrected chi connectivity index (χ0v) is 14.6. The molecule has 2 atom stereocenters. The number of nitrogens with zero attached hydrogens (tertiary/aromatic N) is 5. The van der Waals surface area contributed by atoms with Crippen LogP contribution < -0.4 is 5.32 Å². The Labute approximate surface area is 149 Å². The first-order valence-corrected chi connectivity index (χ1v) is 9.09. The molecule has 0 radical (unpaired) electrons. The molecule has 9 heteroatoms. The smallest absolute Gasteiger partial charge is 0.243 e. The summed E-state index contributed by atoms with van der Waals surface area (Å²) in [7, 11) is 0. The molecule has 4 rings (SSSR count). The minimum atomic E-state index is -0.382. The van der Waals surface area contributed by atoms with Gasteiger partial charge in [0.25, 0.3) is 0 Å². The van der Waals surface area contributed by atoms with Crippen molar-refractivity contribution in [2.75, 3.05) is 5.75 Å². The van der Waals surface area contributed by atoms with Crippen molar-refractivity contribution in [1.29, 1.82) is 0 Å². The van der Waals surface area contributed by atoms with E-state index in [0.29, 0.717) is 24.5 Å². The van der Waals surface area contributed by atoms with Gasteiger partial charge < -0.3 is 10.2 Å². The monoisotopic (exact) mass is 358 g/mol. The largest absolute Gasteiger partial charge is 0.350 e. The van der Waals surface area contributed by atoms with E-state index in [9.17, 15) is 9.59 Å². The van der Waals surface area contributed by atoms with Crippen molar-refractivity contribution in [2.24, 2.45) is 0 Å². The highest BCUT2D eigenvalue weighted by molar-refractivity contribution is 8.01. The number of carbonyl (C=O) groups is 2. The number of fused-ring (bicyclic) bond motifs is 1. The van der Waals surface area contributed by atoms with E-state index >= 15 is 0 Å².